The van der Waals surface area contributed by atoms with Crippen molar-refractivity contribution in [2.45, 2.75) is 13.0 Å². The number of fused-ring (bicyclic) bond motifs is 1. The molecule has 0 spiro atoms. The topological polar surface area (TPSA) is 112 Å². The summed E-state index contributed by atoms with van der Waals surface area (Å²) in [6, 6.07) is 8.72. The average Bonchev–Trinajstić information content (AvgIpc) is 2.85. The summed E-state index contributed by atoms with van der Waals surface area (Å²) in [4.78, 5) is 33.9. The van der Waals surface area contributed by atoms with E-state index in [0.29, 0.717) is 34.7 Å². The van der Waals surface area contributed by atoms with Crippen LogP contribution < -0.4 is 25.5 Å². The number of pyridine rings is 2. The van der Waals surface area contributed by atoms with Gasteiger partial charge >= 0.3 is 6.09 Å². The van der Waals surface area contributed by atoms with Crippen molar-refractivity contribution in [1.29, 1.82) is 0 Å². The summed E-state index contributed by atoms with van der Waals surface area (Å²) in [6.07, 6.45) is 1.41. The van der Waals surface area contributed by atoms with E-state index in [0.717, 1.165) is 44.5 Å². The van der Waals surface area contributed by atoms with Gasteiger partial charge in [0.2, 0.25) is 5.88 Å². The number of ether oxygens (including phenoxy) is 3. The van der Waals surface area contributed by atoms with E-state index in [2.05, 4.69) is 21.8 Å². The third-order valence-electron chi connectivity index (χ3n) is 6.27. The van der Waals surface area contributed by atoms with Crippen molar-refractivity contribution in [3.63, 3.8) is 0 Å². The minimum absolute atomic E-state index is 0.0491. The van der Waals surface area contributed by atoms with Gasteiger partial charge in [0.05, 0.1) is 19.7 Å². The van der Waals surface area contributed by atoms with Gasteiger partial charge in [-0.2, -0.15) is 0 Å². The molecule has 10 heteroatoms. The summed E-state index contributed by atoms with van der Waals surface area (Å²) in [6.45, 7) is 5.48. The number of carbonyl (C=O) groups is 1. The quantitative estimate of drug-likeness (QED) is 0.521. The maximum atomic E-state index is 13.7. The second-order valence-electron chi connectivity index (χ2n) is 8.62. The molecule has 4 rings (SSSR count). The Balaban J connectivity index is 1.74. The van der Waals surface area contributed by atoms with Crippen molar-refractivity contribution in [3.8, 4) is 28.5 Å². The second-order valence-corrected chi connectivity index (χ2v) is 8.62. The van der Waals surface area contributed by atoms with Crippen LogP contribution >= 0.6 is 0 Å². The molecule has 2 aromatic heterocycles. The second kappa shape index (κ2) is 10.7. The lowest BCUT2D eigenvalue weighted by atomic mass is 10.0. The SMILES string of the molecule is COc1cc(OC)cc(-c2cc3cnc(OC(N)=O)cc3n(CCCN3CCN(C)CC3)c2=O)c1. The Hall–Kier alpha value is -3.63. The van der Waals surface area contributed by atoms with Crippen LogP contribution in [0.25, 0.3) is 22.0 Å². The van der Waals surface area contributed by atoms with Crippen molar-refractivity contribution >= 4 is 17.0 Å². The molecule has 1 aliphatic heterocycles. The van der Waals surface area contributed by atoms with Crippen LogP contribution in [-0.2, 0) is 6.54 Å². The molecule has 0 unspecified atom stereocenters. The van der Waals surface area contributed by atoms with Crippen molar-refractivity contribution in [1.82, 2.24) is 19.4 Å². The summed E-state index contributed by atoms with van der Waals surface area (Å²) in [5, 5.41) is 0.734. The molecule has 1 fully saturated rings. The average molecular weight is 482 g/mol. The predicted octanol–water partition coefficient (Wildman–Crippen LogP) is 2.18. The number of nitrogens with two attached hydrogens (primary N) is 1. The summed E-state index contributed by atoms with van der Waals surface area (Å²) in [7, 11) is 5.27. The number of nitrogens with zero attached hydrogens (tertiary/aromatic N) is 4. The highest BCUT2D eigenvalue weighted by Gasteiger charge is 2.17. The van der Waals surface area contributed by atoms with Crippen LogP contribution in [0.1, 0.15) is 6.42 Å². The molecule has 0 aliphatic carbocycles. The van der Waals surface area contributed by atoms with Crippen LogP contribution in [0.3, 0.4) is 0 Å². The number of aromatic nitrogens is 2. The number of likely N-dealkylation sites (N-methyl/N-ethyl adjacent to an activating group) is 1. The minimum Gasteiger partial charge on any atom is -0.497 e. The van der Waals surface area contributed by atoms with Gasteiger partial charge in [-0.1, -0.05) is 0 Å². The first-order chi connectivity index (χ1) is 16.9. The molecule has 3 heterocycles. The lowest BCUT2D eigenvalue weighted by Crippen LogP contribution is -2.44. The van der Waals surface area contributed by atoms with Gasteiger partial charge in [-0.25, -0.2) is 9.78 Å². The van der Waals surface area contributed by atoms with Crippen LogP contribution in [-0.4, -0.2) is 79.4 Å². The zero-order valence-electron chi connectivity index (χ0n) is 20.3. The molecular formula is C25H31N5O5. The largest absolute Gasteiger partial charge is 0.497 e. The van der Waals surface area contributed by atoms with E-state index in [1.807, 2.05) is 0 Å². The van der Waals surface area contributed by atoms with E-state index in [4.69, 9.17) is 19.9 Å². The third kappa shape index (κ3) is 5.72. The van der Waals surface area contributed by atoms with Crippen LogP contribution in [0.4, 0.5) is 4.79 Å². The Morgan fingerprint density at radius 1 is 1.00 bits per heavy atom. The van der Waals surface area contributed by atoms with Gasteiger partial charge in [-0.3, -0.25) is 4.79 Å². The van der Waals surface area contributed by atoms with Crippen molar-refractivity contribution in [2.24, 2.45) is 5.73 Å². The fraction of sp³-hybridized carbons (Fsp3) is 0.400. The molecule has 3 aromatic rings. The van der Waals surface area contributed by atoms with Crippen LogP contribution in [0.2, 0.25) is 0 Å². The molecule has 35 heavy (non-hydrogen) atoms. The van der Waals surface area contributed by atoms with E-state index in [-0.39, 0.29) is 11.4 Å². The van der Waals surface area contributed by atoms with Crippen molar-refractivity contribution < 1.29 is 19.0 Å². The number of aryl methyl sites for hydroxylation is 1. The molecule has 1 aliphatic rings. The van der Waals surface area contributed by atoms with E-state index < -0.39 is 6.09 Å². The standard InChI is InChI=1S/C25H31N5O5/c1-28-7-9-29(10-8-28)5-4-6-30-22-15-23(35-25(26)32)27-16-18(22)13-21(24(30)31)17-11-19(33-2)14-20(12-17)34-3/h11-16H,4-10H2,1-3H3,(H2,26,32). The fourth-order valence-electron chi connectivity index (χ4n) is 4.33. The van der Waals surface area contributed by atoms with Gasteiger partial charge in [0.1, 0.15) is 11.5 Å². The number of benzene rings is 1. The van der Waals surface area contributed by atoms with E-state index in [9.17, 15) is 9.59 Å². The van der Waals surface area contributed by atoms with Crippen LogP contribution in [0, 0.1) is 0 Å². The highest BCUT2D eigenvalue weighted by molar-refractivity contribution is 5.85. The van der Waals surface area contributed by atoms with E-state index in [1.165, 1.54) is 0 Å². The van der Waals surface area contributed by atoms with Gasteiger partial charge in [-0.15, -0.1) is 0 Å². The summed E-state index contributed by atoms with van der Waals surface area (Å²) in [5.74, 6) is 1.22. The maximum absolute atomic E-state index is 13.7. The Morgan fingerprint density at radius 3 is 2.31 bits per heavy atom. The molecule has 1 aromatic carbocycles. The van der Waals surface area contributed by atoms with Gasteiger partial charge in [0.15, 0.2) is 0 Å². The first-order valence-electron chi connectivity index (χ1n) is 11.5. The van der Waals surface area contributed by atoms with Gasteiger partial charge in [0.25, 0.3) is 5.56 Å². The maximum Gasteiger partial charge on any atom is 0.411 e. The third-order valence-corrected chi connectivity index (χ3v) is 6.27. The number of methoxy groups -OCH3 is 2. The Bertz CT molecular complexity index is 1240. The van der Waals surface area contributed by atoms with Gasteiger partial charge < -0.3 is 34.3 Å². The normalized spacial score (nSPS) is 14.7. The van der Waals surface area contributed by atoms with Crippen molar-refractivity contribution in [2.75, 3.05) is 54.0 Å². The highest BCUT2D eigenvalue weighted by atomic mass is 16.6. The number of piperazine rings is 1. The first-order valence-corrected chi connectivity index (χ1v) is 11.5. The van der Waals surface area contributed by atoms with Crippen LogP contribution in [0.15, 0.2) is 41.3 Å². The Morgan fingerprint density at radius 2 is 1.69 bits per heavy atom. The Kier molecular flexibility index (Phi) is 7.52. The summed E-state index contributed by atoms with van der Waals surface area (Å²) < 4.78 is 17.5. The number of amides is 1. The molecule has 1 amide bonds. The zero-order chi connectivity index (χ0) is 24.9. The van der Waals surface area contributed by atoms with Crippen molar-refractivity contribution in [3.05, 3.63) is 46.9 Å². The molecule has 10 nitrogen and oxygen atoms in total. The van der Waals surface area contributed by atoms with Gasteiger partial charge in [0, 0.05) is 62.0 Å². The highest BCUT2D eigenvalue weighted by Crippen LogP contribution is 2.30. The molecule has 1 saturated heterocycles. The Labute approximate surface area is 203 Å². The summed E-state index contributed by atoms with van der Waals surface area (Å²) in [5.41, 5.74) is 6.80. The number of rotatable bonds is 8. The van der Waals surface area contributed by atoms with Crippen LogP contribution in [0.5, 0.6) is 17.4 Å². The van der Waals surface area contributed by atoms with Gasteiger partial charge in [-0.05, 0) is 43.8 Å². The van der Waals surface area contributed by atoms with E-state index in [1.54, 1.807) is 55.3 Å². The molecule has 0 saturated carbocycles. The minimum atomic E-state index is -0.957. The number of primary amides is 1. The number of hydrogen-bond donors (Lipinski definition) is 1. The lowest BCUT2D eigenvalue weighted by Gasteiger charge is -2.32. The zero-order valence-corrected chi connectivity index (χ0v) is 20.3. The first kappa shape index (κ1) is 24.5. The fourth-order valence-corrected chi connectivity index (χ4v) is 4.33. The molecule has 0 bridgehead atoms. The lowest BCUT2D eigenvalue weighted by molar-refractivity contribution is 0.151. The van der Waals surface area contributed by atoms with E-state index >= 15 is 0 Å². The molecule has 0 radical (unpaired) electrons. The predicted molar refractivity (Wildman–Crippen MR) is 133 cm³/mol. The molecule has 186 valence electrons. The smallest absolute Gasteiger partial charge is 0.411 e. The number of carbonyl (C=O) groups excluding carboxylic acids is 1. The number of hydrogen-bond acceptors (Lipinski definition) is 8. The molecule has 2 N–H and O–H groups in total. The monoisotopic (exact) mass is 481 g/mol. The summed E-state index contributed by atoms with van der Waals surface area (Å²) >= 11 is 0. The molecule has 0 atom stereocenters. The molecular weight excluding hydrogens is 450 g/mol.